The van der Waals surface area contributed by atoms with Gasteiger partial charge in [-0.1, -0.05) is 31.2 Å². The number of ether oxygens (including phenoxy) is 1. The van der Waals surface area contributed by atoms with Crippen LogP contribution in [0.2, 0.25) is 0 Å². The molecular weight excluding hydrogens is 502 g/mol. The molecule has 1 saturated heterocycles. The number of anilines is 2. The van der Waals surface area contributed by atoms with Crippen LogP contribution >= 0.6 is 0 Å². The molecule has 4 amide bonds. The van der Waals surface area contributed by atoms with Gasteiger partial charge < -0.3 is 35.6 Å². The molecule has 1 aliphatic rings. The number of amides is 4. The van der Waals surface area contributed by atoms with Crippen LogP contribution in [0.3, 0.4) is 0 Å². The van der Waals surface area contributed by atoms with Crippen LogP contribution in [0.15, 0.2) is 42.5 Å². The van der Waals surface area contributed by atoms with Crippen molar-refractivity contribution in [3.63, 3.8) is 0 Å². The van der Waals surface area contributed by atoms with Gasteiger partial charge in [-0.3, -0.25) is 14.4 Å². The van der Waals surface area contributed by atoms with Crippen molar-refractivity contribution in [3.05, 3.63) is 53.6 Å². The minimum absolute atomic E-state index is 0.0576. The van der Waals surface area contributed by atoms with Crippen molar-refractivity contribution in [2.45, 2.75) is 26.7 Å². The molecule has 1 fully saturated rings. The van der Waals surface area contributed by atoms with Gasteiger partial charge in [0.25, 0.3) is 0 Å². The number of carbonyl (C=O) groups is 4. The lowest BCUT2D eigenvalue weighted by molar-refractivity contribution is -0.141. The minimum atomic E-state index is -0.911. The molecule has 0 radical (unpaired) electrons. The minimum Gasteiger partial charge on any atom is -0.495 e. The van der Waals surface area contributed by atoms with Crippen LogP contribution in [0.5, 0.6) is 5.75 Å². The standard InChI is InChI=1S/C28H37N5O6/c1-19-7-4-5-8-22(19)30-28(38)31-23-10-9-21(15-24(23)39-3)16-25(34)32-11-6-12-33(14-13-32)26(35)18-29-17-20(2)27(36)37/h4-5,7-10,15,20,29H,6,11-14,16-18H2,1-3H3,(H,36,37)(H2,30,31,38). The van der Waals surface area contributed by atoms with Gasteiger partial charge in [-0.2, -0.15) is 0 Å². The third kappa shape index (κ3) is 8.71. The lowest BCUT2D eigenvalue weighted by Crippen LogP contribution is -2.42. The second-order valence-electron chi connectivity index (χ2n) is 9.59. The first-order valence-electron chi connectivity index (χ1n) is 13.0. The van der Waals surface area contributed by atoms with E-state index in [1.54, 1.807) is 34.9 Å². The number of aliphatic carboxylic acids is 1. The van der Waals surface area contributed by atoms with Crippen molar-refractivity contribution in [3.8, 4) is 5.75 Å². The maximum absolute atomic E-state index is 13.0. The molecule has 1 unspecified atom stereocenters. The number of rotatable bonds is 10. The molecule has 210 valence electrons. The first-order valence-corrected chi connectivity index (χ1v) is 13.0. The summed E-state index contributed by atoms with van der Waals surface area (Å²) in [6.07, 6.45) is 0.819. The van der Waals surface area contributed by atoms with E-state index in [0.717, 1.165) is 11.1 Å². The summed E-state index contributed by atoms with van der Waals surface area (Å²) in [5, 5.41) is 17.5. The Balaban J connectivity index is 1.52. The Labute approximate surface area is 228 Å². The summed E-state index contributed by atoms with van der Waals surface area (Å²) in [6, 6.07) is 12.3. The van der Waals surface area contributed by atoms with Crippen molar-refractivity contribution in [2.75, 3.05) is 57.0 Å². The van der Waals surface area contributed by atoms with E-state index in [1.807, 2.05) is 31.2 Å². The van der Waals surface area contributed by atoms with E-state index in [2.05, 4.69) is 16.0 Å². The summed E-state index contributed by atoms with van der Waals surface area (Å²) in [4.78, 5) is 52.4. The number of benzene rings is 2. The van der Waals surface area contributed by atoms with E-state index in [-0.39, 0.29) is 31.3 Å². The number of hydrogen-bond acceptors (Lipinski definition) is 6. The second kappa shape index (κ2) is 14.1. The van der Waals surface area contributed by atoms with Crippen LogP contribution in [-0.2, 0) is 20.8 Å². The summed E-state index contributed by atoms with van der Waals surface area (Å²) in [6.45, 7) is 5.70. The number of para-hydroxylation sites is 1. The number of nitrogens with one attached hydrogen (secondary N) is 3. The van der Waals surface area contributed by atoms with Gasteiger partial charge in [-0.25, -0.2) is 4.79 Å². The van der Waals surface area contributed by atoms with E-state index in [4.69, 9.17) is 9.84 Å². The first kappa shape index (κ1) is 29.4. The Hall–Kier alpha value is -4.12. The third-order valence-electron chi connectivity index (χ3n) is 6.61. The van der Waals surface area contributed by atoms with Gasteiger partial charge in [-0.15, -0.1) is 0 Å². The SMILES string of the molecule is COc1cc(CC(=O)N2CCCN(C(=O)CNCC(C)C(=O)O)CC2)ccc1NC(=O)Nc1ccccc1C. The van der Waals surface area contributed by atoms with E-state index < -0.39 is 17.9 Å². The zero-order valence-electron chi connectivity index (χ0n) is 22.7. The number of carbonyl (C=O) groups excluding carboxylic acids is 3. The number of carboxylic acid groups (broad SMARTS) is 1. The lowest BCUT2D eigenvalue weighted by atomic mass is 10.1. The fraction of sp³-hybridized carbons (Fsp3) is 0.429. The highest BCUT2D eigenvalue weighted by atomic mass is 16.5. The van der Waals surface area contributed by atoms with Crippen molar-refractivity contribution in [1.82, 2.24) is 15.1 Å². The number of nitrogens with zero attached hydrogens (tertiary/aromatic N) is 2. The van der Waals surface area contributed by atoms with Crippen molar-refractivity contribution < 1.29 is 29.0 Å². The summed E-state index contributed by atoms with van der Waals surface area (Å²) in [7, 11) is 1.50. The Morgan fingerprint density at radius 3 is 2.28 bits per heavy atom. The molecule has 0 saturated carbocycles. The second-order valence-corrected chi connectivity index (χ2v) is 9.59. The number of methoxy groups -OCH3 is 1. The molecule has 4 N–H and O–H groups in total. The summed E-state index contributed by atoms with van der Waals surface area (Å²) in [5.41, 5.74) is 2.88. The molecule has 0 aromatic heterocycles. The number of hydrogen-bond donors (Lipinski definition) is 4. The van der Waals surface area contributed by atoms with Crippen molar-refractivity contribution in [1.29, 1.82) is 0 Å². The van der Waals surface area contributed by atoms with Crippen molar-refractivity contribution in [2.24, 2.45) is 5.92 Å². The number of aryl methyl sites for hydroxylation is 1. The van der Waals surface area contributed by atoms with Gasteiger partial charge >= 0.3 is 12.0 Å². The fourth-order valence-corrected chi connectivity index (χ4v) is 4.24. The summed E-state index contributed by atoms with van der Waals surface area (Å²) in [5.74, 6) is -1.21. The van der Waals surface area contributed by atoms with Crippen LogP contribution in [0.25, 0.3) is 0 Å². The van der Waals surface area contributed by atoms with Gasteiger partial charge in [0.05, 0.1) is 31.7 Å². The molecule has 1 heterocycles. The number of urea groups is 1. The molecule has 1 atom stereocenters. The Morgan fingerprint density at radius 1 is 0.949 bits per heavy atom. The average Bonchev–Trinajstić information content (AvgIpc) is 3.17. The molecule has 0 spiro atoms. The van der Waals surface area contributed by atoms with Crippen LogP contribution in [0.4, 0.5) is 16.2 Å². The first-order chi connectivity index (χ1) is 18.7. The fourth-order valence-electron chi connectivity index (χ4n) is 4.24. The quantitative estimate of drug-likeness (QED) is 0.364. The molecule has 0 bridgehead atoms. The zero-order chi connectivity index (χ0) is 28.4. The van der Waals surface area contributed by atoms with Gasteiger partial charge in [0.15, 0.2) is 0 Å². The highest BCUT2D eigenvalue weighted by molar-refractivity contribution is 6.01. The highest BCUT2D eigenvalue weighted by Crippen LogP contribution is 2.26. The van der Waals surface area contributed by atoms with Gasteiger partial charge in [0.1, 0.15) is 5.75 Å². The Bertz CT molecular complexity index is 1190. The van der Waals surface area contributed by atoms with E-state index in [0.29, 0.717) is 49.7 Å². The third-order valence-corrected chi connectivity index (χ3v) is 6.61. The molecule has 2 aromatic rings. The average molecular weight is 540 g/mol. The lowest BCUT2D eigenvalue weighted by Gasteiger charge is -2.23. The topological polar surface area (TPSA) is 140 Å². The van der Waals surface area contributed by atoms with E-state index in [1.165, 1.54) is 7.11 Å². The van der Waals surface area contributed by atoms with Crippen LogP contribution in [-0.4, -0.2) is 85.1 Å². The zero-order valence-corrected chi connectivity index (χ0v) is 22.7. The van der Waals surface area contributed by atoms with Gasteiger partial charge in [-0.05, 0) is 42.7 Å². The molecule has 0 aliphatic carbocycles. The predicted molar refractivity (Wildman–Crippen MR) is 148 cm³/mol. The molecular formula is C28H37N5O6. The summed E-state index contributed by atoms with van der Waals surface area (Å²) >= 11 is 0. The van der Waals surface area contributed by atoms with E-state index in [9.17, 15) is 19.2 Å². The maximum Gasteiger partial charge on any atom is 0.323 e. The van der Waals surface area contributed by atoms with Crippen LogP contribution < -0.4 is 20.7 Å². The number of carboxylic acids is 1. The molecule has 11 heteroatoms. The van der Waals surface area contributed by atoms with E-state index >= 15 is 0 Å². The van der Waals surface area contributed by atoms with Crippen molar-refractivity contribution >= 4 is 35.2 Å². The van der Waals surface area contributed by atoms with Gasteiger partial charge in [0.2, 0.25) is 11.8 Å². The maximum atomic E-state index is 13.0. The summed E-state index contributed by atoms with van der Waals surface area (Å²) < 4.78 is 5.46. The smallest absolute Gasteiger partial charge is 0.323 e. The Morgan fingerprint density at radius 2 is 1.62 bits per heavy atom. The predicted octanol–water partition coefficient (Wildman–Crippen LogP) is 2.56. The van der Waals surface area contributed by atoms with Crippen LogP contribution in [0.1, 0.15) is 24.5 Å². The molecule has 3 rings (SSSR count). The van der Waals surface area contributed by atoms with Gasteiger partial charge in [0, 0.05) is 38.4 Å². The Kier molecular flexibility index (Phi) is 10.7. The molecule has 1 aliphatic heterocycles. The highest BCUT2D eigenvalue weighted by Gasteiger charge is 2.23. The largest absolute Gasteiger partial charge is 0.495 e. The van der Waals surface area contributed by atoms with Crippen LogP contribution in [0, 0.1) is 12.8 Å². The molecule has 2 aromatic carbocycles. The molecule has 39 heavy (non-hydrogen) atoms. The normalized spacial score (nSPS) is 14.2. The monoisotopic (exact) mass is 539 g/mol. The molecule has 11 nitrogen and oxygen atoms in total.